The summed E-state index contributed by atoms with van der Waals surface area (Å²) in [6, 6.07) is 35.5. The van der Waals surface area contributed by atoms with Crippen LogP contribution in [0.15, 0.2) is 115 Å². The summed E-state index contributed by atoms with van der Waals surface area (Å²) in [7, 11) is 0. The van der Waals surface area contributed by atoms with Gasteiger partial charge in [-0.05, 0) is 22.9 Å². The number of aromatic nitrogens is 1. The molecule has 0 aliphatic carbocycles. The summed E-state index contributed by atoms with van der Waals surface area (Å²) in [6.45, 7) is 0. The number of halogens is 3. The van der Waals surface area contributed by atoms with Crippen molar-refractivity contribution in [2.45, 2.75) is 23.4 Å². The molecular weight excluding hydrogens is 588 g/mol. The fourth-order valence-corrected chi connectivity index (χ4v) is 8.51. The van der Waals surface area contributed by atoms with Gasteiger partial charge in [-0.25, -0.2) is 0 Å². The number of alkyl halides is 3. The Hall–Kier alpha value is -4.16. The van der Waals surface area contributed by atoms with Crippen molar-refractivity contribution in [3.05, 3.63) is 121 Å². The third-order valence-electron chi connectivity index (χ3n) is 8.28. The molecule has 1 aromatic heterocycles. The van der Waals surface area contributed by atoms with Crippen molar-refractivity contribution in [3.8, 4) is 22.4 Å². The van der Waals surface area contributed by atoms with Gasteiger partial charge in [-0.3, -0.25) is 4.98 Å². The molecule has 1 nitrogen and oxygen atoms in total. The molecule has 0 fully saturated rings. The first kappa shape index (κ1) is 26.7. The van der Waals surface area contributed by atoms with Gasteiger partial charge in [0.25, 0.3) is 0 Å². The molecule has 1 heterocycles. The number of fused-ring (bicyclic) bond motifs is 6. The van der Waals surface area contributed by atoms with Gasteiger partial charge in [-0.15, -0.1) is 0 Å². The Morgan fingerprint density at radius 2 is 1.12 bits per heavy atom. The van der Waals surface area contributed by atoms with Crippen molar-refractivity contribution in [3.63, 3.8) is 0 Å². The van der Waals surface area contributed by atoms with Gasteiger partial charge in [0, 0.05) is 11.8 Å². The SMILES string of the molecule is [CH3][Ge]([CH3])([CH3])[c]1ccc(-c2ccc3c(ccc4c5ccnc(-c6cc(C(F)(F)F)c7ccccc7c6)c5ccc34)c2)cc1. The first-order valence-corrected chi connectivity index (χ1v) is 21.4. The van der Waals surface area contributed by atoms with E-state index in [-0.39, 0.29) is 5.39 Å². The van der Waals surface area contributed by atoms with Crippen LogP contribution in [-0.4, -0.2) is 18.3 Å². The molecule has 7 aromatic rings. The fourth-order valence-electron chi connectivity index (χ4n) is 6.07. The zero-order valence-corrected chi connectivity index (χ0v) is 25.6. The van der Waals surface area contributed by atoms with Crippen LogP contribution in [0.4, 0.5) is 13.2 Å². The Labute approximate surface area is 245 Å². The summed E-state index contributed by atoms with van der Waals surface area (Å²) in [5.74, 6) is 7.21. The maximum atomic E-state index is 14.1. The average molecular weight is 616 g/mol. The number of rotatable bonds is 3. The molecule has 0 N–H and O–H groups in total. The predicted octanol–water partition coefficient (Wildman–Crippen LogP) is 10.6. The summed E-state index contributed by atoms with van der Waals surface area (Å²) in [5, 5.41) is 6.97. The Bertz CT molecular complexity index is 2160. The molecule has 0 saturated carbocycles. The molecule has 0 atom stereocenters. The maximum absolute atomic E-state index is 14.1. The number of hydrogen-bond donors (Lipinski definition) is 0. The van der Waals surface area contributed by atoms with Gasteiger partial charge in [0.1, 0.15) is 0 Å². The van der Waals surface area contributed by atoms with Crippen LogP contribution < -0.4 is 4.40 Å². The third kappa shape index (κ3) is 4.55. The van der Waals surface area contributed by atoms with Gasteiger partial charge in [0.05, 0.1) is 11.3 Å². The first-order chi connectivity index (χ1) is 20.1. The zero-order chi connectivity index (χ0) is 29.2. The quantitative estimate of drug-likeness (QED) is 0.142. The molecule has 0 bridgehead atoms. The summed E-state index contributed by atoms with van der Waals surface area (Å²) < 4.78 is 43.7. The van der Waals surface area contributed by atoms with E-state index in [4.69, 9.17) is 0 Å². The second-order valence-corrected chi connectivity index (χ2v) is 22.6. The van der Waals surface area contributed by atoms with Gasteiger partial charge >= 0.3 is 157 Å². The Kier molecular flexibility index (Phi) is 6.17. The van der Waals surface area contributed by atoms with Crippen LogP contribution in [-0.2, 0) is 6.18 Å². The molecule has 42 heavy (non-hydrogen) atoms. The minimum atomic E-state index is -4.47. The van der Waals surface area contributed by atoms with Crippen molar-refractivity contribution in [2.24, 2.45) is 0 Å². The van der Waals surface area contributed by atoms with Crippen LogP contribution in [0.5, 0.6) is 0 Å². The summed E-state index contributed by atoms with van der Waals surface area (Å²) in [4.78, 5) is 4.58. The molecule has 206 valence electrons. The molecule has 0 saturated heterocycles. The number of benzene rings is 6. The predicted molar refractivity (Wildman–Crippen MR) is 173 cm³/mol. The Morgan fingerprint density at radius 1 is 0.524 bits per heavy atom. The van der Waals surface area contributed by atoms with Crippen molar-refractivity contribution in [1.29, 1.82) is 0 Å². The van der Waals surface area contributed by atoms with E-state index in [0.717, 1.165) is 32.3 Å². The van der Waals surface area contributed by atoms with E-state index in [1.807, 2.05) is 12.1 Å². The van der Waals surface area contributed by atoms with Crippen LogP contribution >= 0.6 is 0 Å². The molecular formula is C37H28F3GeN. The normalized spacial score (nSPS) is 12.5. The van der Waals surface area contributed by atoms with E-state index in [0.29, 0.717) is 16.6 Å². The van der Waals surface area contributed by atoms with Crippen molar-refractivity contribution in [1.82, 2.24) is 4.98 Å². The van der Waals surface area contributed by atoms with Crippen LogP contribution in [0.3, 0.4) is 0 Å². The first-order valence-electron chi connectivity index (χ1n) is 14.0. The van der Waals surface area contributed by atoms with Crippen molar-refractivity contribution < 1.29 is 13.2 Å². The van der Waals surface area contributed by atoms with Crippen LogP contribution in [0.2, 0.25) is 17.3 Å². The van der Waals surface area contributed by atoms with E-state index in [9.17, 15) is 13.2 Å². The topological polar surface area (TPSA) is 12.9 Å². The second-order valence-electron chi connectivity index (χ2n) is 12.0. The molecule has 5 heteroatoms. The fraction of sp³-hybridized carbons (Fsp3) is 0.108. The molecule has 0 radical (unpaired) electrons. The van der Waals surface area contributed by atoms with E-state index < -0.39 is 25.0 Å². The summed E-state index contributed by atoms with van der Waals surface area (Å²) in [6.07, 6.45) is -2.78. The molecule has 6 aromatic carbocycles. The van der Waals surface area contributed by atoms with Crippen LogP contribution in [0, 0.1) is 0 Å². The summed E-state index contributed by atoms with van der Waals surface area (Å²) in [5.41, 5.74) is 2.74. The molecule has 0 unspecified atom stereocenters. The molecule has 0 aliphatic rings. The van der Waals surface area contributed by atoms with Gasteiger partial charge in [0.15, 0.2) is 0 Å². The monoisotopic (exact) mass is 617 g/mol. The van der Waals surface area contributed by atoms with E-state index >= 15 is 0 Å². The van der Waals surface area contributed by atoms with Gasteiger partial charge < -0.3 is 0 Å². The molecule has 0 amide bonds. The van der Waals surface area contributed by atoms with E-state index in [1.165, 1.54) is 27.7 Å². The second kappa shape index (κ2) is 9.70. The molecule has 7 rings (SSSR count). The van der Waals surface area contributed by atoms with Gasteiger partial charge in [-0.1, -0.05) is 24.3 Å². The number of hydrogen-bond acceptors (Lipinski definition) is 1. The molecule has 0 spiro atoms. The molecule has 0 aliphatic heterocycles. The van der Waals surface area contributed by atoms with E-state index in [2.05, 4.69) is 82.9 Å². The van der Waals surface area contributed by atoms with Gasteiger partial charge in [0.2, 0.25) is 0 Å². The van der Waals surface area contributed by atoms with Crippen molar-refractivity contribution in [2.75, 3.05) is 0 Å². The van der Waals surface area contributed by atoms with Crippen LogP contribution in [0.1, 0.15) is 5.56 Å². The summed E-state index contributed by atoms with van der Waals surface area (Å²) >= 11 is -1.87. The van der Waals surface area contributed by atoms with Crippen molar-refractivity contribution >= 4 is 60.8 Å². The number of pyridine rings is 1. The standard InChI is InChI=1S/C37H28F3GeN/c1-41(2,3)28-12-8-23(9-13-28)24-10-14-29-26(20-24)11-15-32-31(29)16-17-34-33(32)18-19-42-36(34)27-21-25-6-4-5-7-30(25)35(22-27)37(38,39)40/h4-22H,1-3H3. The minimum absolute atomic E-state index is 0.193. The Morgan fingerprint density at radius 3 is 1.88 bits per heavy atom. The van der Waals surface area contributed by atoms with Crippen LogP contribution in [0.25, 0.3) is 65.5 Å². The average Bonchev–Trinajstić information content (AvgIpc) is 2.98. The van der Waals surface area contributed by atoms with Gasteiger partial charge in [-0.2, -0.15) is 13.2 Å². The zero-order valence-electron chi connectivity index (χ0n) is 23.6. The third-order valence-corrected chi connectivity index (χ3v) is 12.6. The van der Waals surface area contributed by atoms with E-state index in [1.54, 1.807) is 30.5 Å². The number of nitrogens with zero attached hydrogens (tertiary/aromatic N) is 1. The Balaban J connectivity index is 1.37.